The van der Waals surface area contributed by atoms with Crippen LogP contribution in [-0.2, 0) is 11.2 Å². The highest BCUT2D eigenvalue weighted by molar-refractivity contribution is 6.30. The highest BCUT2D eigenvalue weighted by Gasteiger charge is 2.21. The van der Waals surface area contributed by atoms with E-state index in [4.69, 9.17) is 23.2 Å². The average Bonchev–Trinajstić information content (AvgIpc) is 2.47. The van der Waals surface area contributed by atoms with Crippen molar-refractivity contribution < 1.29 is 4.79 Å². The van der Waals surface area contributed by atoms with Crippen LogP contribution < -0.4 is 0 Å². The zero-order chi connectivity index (χ0) is 14.4. The third-order valence-electron chi connectivity index (χ3n) is 4.03. The van der Waals surface area contributed by atoms with Crippen LogP contribution in [0.1, 0.15) is 31.2 Å². The Morgan fingerprint density at radius 3 is 2.45 bits per heavy atom. The molecule has 0 radical (unpaired) electrons. The third kappa shape index (κ3) is 4.68. The number of alkyl halides is 1. The van der Waals surface area contributed by atoms with Gasteiger partial charge in [0.2, 0.25) is 5.91 Å². The number of hydrogen-bond donors (Lipinski definition) is 0. The van der Waals surface area contributed by atoms with Crippen molar-refractivity contribution in [1.82, 2.24) is 4.90 Å². The maximum absolute atomic E-state index is 12.2. The van der Waals surface area contributed by atoms with Gasteiger partial charge in [0.25, 0.3) is 0 Å². The van der Waals surface area contributed by atoms with Crippen LogP contribution in [0.5, 0.6) is 0 Å². The number of carbonyl (C=O) groups excluding carboxylic acids is 1. The van der Waals surface area contributed by atoms with Gasteiger partial charge >= 0.3 is 0 Å². The maximum atomic E-state index is 12.2. The summed E-state index contributed by atoms with van der Waals surface area (Å²) in [4.78, 5) is 14.2. The molecule has 110 valence electrons. The number of benzene rings is 1. The first-order chi connectivity index (χ1) is 9.69. The van der Waals surface area contributed by atoms with Gasteiger partial charge in [0.1, 0.15) is 0 Å². The van der Waals surface area contributed by atoms with Crippen LogP contribution in [0.3, 0.4) is 0 Å². The second-order valence-electron chi connectivity index (χ2n) is 5.43. The molecule has 1 saturated heterocycles. The zero-order valence-electron chi connectivity index (χ0n) is 11.7. The molecule has 1 aliphatic rings. The molecule has 0 spiro atoms. The average molecular weight is 314 g/mol. The van der Waals surface area contributed by atoms with Gasteiger partial charge in [0.15, 0.2) is 0 Å². The predicted molar refractivity (Wildman–Crippen MR) is 84.4 cm³/mol. The van der Waals surface area contributed by atoms with E-state index in [0.717, 1.165) is 49.7 Å². The van der Waals surface area contributed by atoms with Gasteiger partial charge in [-0.15, -0.1) is 11.6 Å². The van der Waals surface area contributed by atoms with Crippen molar-refractivity contribution in [2.45, 2.75) is 32.1 Å². The van der Waals surface area contributed by atoms with E-state index in [1.54, 1.807) is 0 Å². The number of piperidine rings is 1. The summed E-state index contributed by atoms with van der Waals surface area (Å²) in [6.07, 6.45) is 4.65. The number of amides is 1. The number of carbonyl (C=O) groups is 1. The van der Waals surface area contributed by atoms with Crippen molar-refractivity contribution >= 4 is 29.1 Å². The molecule has 20 heavy (non-hydrogen) atoms. The summed E-state index contributed by atoms with van der Waals surface area (Å²) in [6.45, 7) is 1.78. The smallest absolute Gasteiger partial charge is 0.222 e. The van der Waals surface area contributed by atoms with Crippen molar-refractivity contribution in [2.75, 3.05) is 19.0 Å². The summed E-state index contributed by atoms with van der Waals surface area (Å²) >= 11 is 11.6. The monoisotopic (exact) mass is 313 g/mol. The Balaban J connectivity index is 1.74. The molecule has 1 aromatic rings. The molecule has 1 aromatic carbocycles. The lowest BCUT2D eigenvalue weighted by Gasteiger charge is -2.31. The Kier molecular flexibility index (Phi) is 6.18. The number of likely N-dealkylation sites (tertiary alicyclic amines) is 1. The molecule has 0 N–H and O–H groups in total. The lowest BCUT2D eigenvalue weighted by atomic mass is 9.94. The number of hydrogen-bond acceptors (Lipinski definition) is 1. The van der Waals surface area contributed by atoms with E-state index in [9.17, 15) is 4.79 Å². The minimum atomic E-state index is 0.268. The maximum Gasteiger partial charge on any atom is 0.222 e. The molecule has 1 aliphatic heterocycles. The highest BCUT2D eigenvalue weighted by Crippen LogP contribution is 2.21. The molecule has 0 saturated carbocycles. The number of rotatable bonds is 5. The van der Waals surface area contributed by atoms with E-state index in [1.165, 1.54) is 5.56 Å². The lowest BCUT2D eigenvalue weighted by Crippen LogP contribution is -2.38. The molecule has 4 heteroatoms. The van der Waals surface area contributed by atoms with E-state index in [2.05, 4.69) is 0 Å². The molecule has 2 rings (SSSR count). The van der Waals surface area contributed by atoms with Crippen molar-refractivity contribution in [3.63, 3.8) is 0 Å². The molecule has 0 bridgehead atoms. The number of nitrogens with zero attached hydrogens (tertiary/aromatic N) is 1. The molecular weight excluding hydrogens is 293 g/mol. The van der Waals surface area contributed by atoms with Gasteiger partial charge in [0.05, 0.1) is 0 Å². The Bertz CT molecular complexity index is 425. The minimum Gasteiger partial charge on any atom is -0.343 e. The van der Waals surface area contributed by atoms with Crippen molar-refractivity contribution in [2.24, 2.45) is 5.92 Å². The lowest BCUT2D eigenvalue weighted by molar-refractivity contribution is -0.132. The summed E-state index contributed by atoms with van der Waals surface area (Å²) in [5.74, 6) is 1.70. The predicted octanol–water partition coefficient (Wildman–Crippen LogP) is 4.14. The van der Waals surface area contributed by atoms with E-state index in [-0.39, 0.29) is 5.91 Å². The topological polar surface area (TPSA) is 20.3 Å². The molecule has 0 aliphatic carbocycles. The van der Waals surface area contributed by atoms with Gasteiger partial charge in [-0.1, -0.05) is 23.7 Å². The molecule has 1 heterocycles. The highest BCUT2D eigenvalue weighted by atomic mass is 35.5. The van der Waals surface area contributed by atoms with E-state index in [0.29, 0.717) is 12.3 Å². The van der Waals surface area contributed by atoms with Crippen molar-refractivity contribution in [1.29, 1.82) is 0 Å². The zero-order valence-corrected chi connectivity index (χ0v) is 13.2. The summed E-state index contributed by atoms with van der Waals surface area (Å²) in [7, 11) is 0. The third-order valence-corrected chi connectivity index (χ3v) is 4.50. The van der Waals surface area contributed by atoms with Gasteiger partial charge in [-0.2, -0.15) is 0 Å². The van der Waals surface area contributed by atoms with Gasteiger partial charge in [-0.25, -0.2) is 0 Å². The summed E-state index contributed by atoms with van der Waals surface area (Å²) in [5, 5.41) is 0.737. The first-order valence-electron chi connectivity index (χ1n) is 7.27. The Labute approximate surface area is 131 Å². The molecule has 1 fully saturated rings. The minimum absolute atomic E-state index is 0.268. The van der Waals surface area contributed by atoms with Crippen molar-refractivity contribution in [3.05, 3.63) is 34.9 Å². The molecular formula is C16H21Cl2NO. The second kappa shape index (κ2) is 7.90. The van der Waals surface area contributed by atoms with E-state index < -0.39 is 0 Å². The SMILES string of the molecule is O=C(CCc1ccc(Cl)cc1)N1CCC(CCCl)CC1. The van der Waals surface area contributed by atoms with Crippen LogP contribution in [-0.4, -0.2) is 29.8 Å². The number of aryl methyl sites for hydroxylation is 1. The van der Waals surface area contributed by atoms with Crippen LogP contribution in [0.15, 0.2) is 24.3 Å². The van der Waals surface area contributed by atoms with Gasteiger partial charge in [-0.3, -0.25) is 4.79 Å². The molecule has 0 aromatic heterocycles. The van der Waals surface area contributed by atoms with Crippen LogP contribution in [0, 0.1) is 5.92 Å². The quantitative estimate of drug-likeness (QED) is 0.748. The first kappa shape index (κ1) is 15.7. The summed E-state index contributed by atoms with van der Waals surface area (Å²) < 4.78 is 0. The number of halogens is 2. The molecule has 2 nitrogen and oxygen atoms in total. The summed E-state index contributed by atoms with van der Waals surface area (Å²) in [6, 6.07) is 7.72. The van der Waals surface area contributed by atoms with Crippen LogP contribution in [0.2, 0.25) is 5.02 Å². The standard InChI is InChI=1S/C16H21Cl2NO/c17-10-7-14-8-11-19(12-9-14)16(20)6-3-13-1-4-15(18)5-2-13/h1-2,4-5,14H,3,6-12H2. The summed E-state index contributed by atoms with van der Waals surface area (Å²) in [5.41, 5.74) is 1.17. The fraction of sp³-hybridized carbons (Fsp3) is 0.562. The van der Waals surface area contributed by atoms with Crippen LogP contribution in [0.4, 0.5) is 0 Å². The fourth-order valence-corrected chi connectivity index (χ4v) is 3.12. The second-order valence-corrected chi connectivity index (χ2v) is 6.24. The molecule has 0 unspecified atom stereocenters. The fourth-order valence-electron chi connectivity index (χ4n) is 2.69. The van der Waals surface area contributed by atoms with Crippen LogP contribution in [0.25, 0.3) is 0 Å². The van der Waals surface area contributed by atoms with E-state index in [1.807, 2.05) is 29.2 Å². The van der Waals surface area contributed by atoms with Crippen molar-refractivity contribution in [3.8, 4) is 0 Å². The Morgan fingerprint density at radius 1 is 1.20 bits per heavy atom. The van der Waals surface area contributed by atoms with Crippen LogP contribution >= 0.6 is 23.2 Å². The molecule has 0 atom stereocenters. The first-order valence-corrected chi connectivity index (χ1v) is 8.18. The molecule has 1 amide bonds. The Hall–Kier alpha value is -0.730. The normalized spacial score (nSPS) is 16.4. The van der Waals surface area contributed by atoms with Gasteiger partial charge in [-0.05, 0) is 49.3 Å². The van der Waals surface area contributed by atoms with Gasteiger partial charge in [0, 0.05) is 30.4 Å². The van der Waals surface area contributed by atoms with E-state index >= 15 is 0 Å². The largest absolute Gasteiger partial charge is 0.343 e. The van der Waals surface area contributed by atoms with Gasteiger partial charge < -0.3 is 4.90 Å². The Morgan fingerprint density at radius 2 is 1.85 bits per heavy atom.